The number of aromatic hydroxyl groups is 1. The van der Waals surface area contributed by atoms with E-state index in [4.69, 9.17) is 10.2 Å². The molecule has 0 aliphatic carbocycles. The Labute approximate surface area is 80.0 Å². The summed E-state index contributed by atoms with van der Waals surface area (Å²) in [5, 5.41) is 20.2. The molecular weight excluding hydrogens is 186 g/mol. The zero-order chi connectivity index (χ0) is 10.7. The smallest absolute Gasteiger partial charge is 0.339 e. The number of hydrogen-bond acceptors (Lipinski definition) is 3. The number of nitrogens with one attached hydrogen (secondary N) is 1. The third-order valence-electron chi connectivity index (χ3n) is 1.55. The maximum atomic E-state index is 10.7. The van der Waals surface area contributed by atoms with Crippen LogP contribution < -0.4 is 5.32 Å². The van der Waals surface area contributed by atoms with Gasteiger partial charge < -0.3 is 15.5 Å². The largest absolute Gasteiger partial charge is 0.507 e. The number of carboxylic acid groups (broad SMARTS) is 1. The van der Waals surface area contributed by atoms with Crippen LogP contribution in [-0.2, 0) is 4.79 Å². The van der Waals surface area contributed by atoms with Gasteiger partial charge in [-0.3, -0.25) is 4.79 Å². The fourth-order valence-corrected chi connectivity index (χ4v) is 0.988. The van der Waals surface area contributed by atoms with Crippen LogP contribution in [0.4, 0.5) is 5.69 Å². The average Bonchev–Trinajstić information content (AvgIpc) is 2.07. The lowest BCUT2D eigenvalue weighted by Gasteiger charge is -2.04. The van der Waals surface area contributed by atoms with Crippen LogP contribution >= 0.6 is 0 Å². The van der Waals surface area contributed by atoms with Crippen molar-refractivity contribution >= 4 is 17.6 Å². The van der Waals surface area contributed by atoms with Crippen LogP contribution in [0.3, 0.4) is 0 Å². The van der Waals surface area contributed by atoms with Crippen molar-refractivity contribution < 1.29 is 19.8 Å². The Morgan fingerprint density at radius 2 is 2.00 bits per heavy atom. The molecule has 3 N–H and O–H groups in total. The Hall–Kier alpha value is -2.04. The van der Waals surface area contributed by atoms with Gasteiger partial charge in [0.15, 0.2) is 0 Å². The van der Waals surface area contributed by atoms with Gasteiger partial charge in [0.1, 0.15) is 11.3 Å². The number of anilines is 1. The fourth-order valence-electron chi connectivity index (χ4n) is 0.988. The zero-order valence-electron chi connectivity index (χ0n) is 7.44. The van der Waals surface area contributed by atoms with Gasteiger partial charge in [-0.1, -0.05) is 0 Å². The maximum absolute atomic E-state index is 10.7. The number of amides is 1. The summed E-state index contributed by atoms with van der Waals surface area (Å²) in [7, 11) is 0. The standard InChI is InChI=1S/C9H9NO4/c1-5(11)10-6-2-3-8(12)7(4-6)9(13)14/h2-4,12H,1H3,(H,10,11)(H,13,14). The molecule has 1 aromatic rings. The summed E-state index contributed by atoms with van der Waals surface area (Å²) < 4.78 is 0. The molecule has 1 rings (SSSR count). The summed E-state index contributed by atoms with van der Waals surface area (Å²) in [6, 6.07) is 3.83. The topological polar surface area (TPSA) is 86.6 Å². The van der Waals surface area contributed by atoms with Crippen LogP contribution in [0.1, 0.15) is 17.3 Å². The lowest BCUT2D eigenvalue weighted by molar-refractivity contribution is -0.114. The van der Waals surface area contributed by atoms with Gasteiger partial charge in [0.05, 0.1) is 0 Å². The summed E-state index contributed by atoms with van der Waals surface area (Å²) in [5.74, 6) is -1.87. The predicted octanol–water partition coefficient (Wildman–Crippen LogP) is 1.05. The highest BCUT2D eigenvalue weighted by molar-refractivity contribution is 5.94. The molecule has 0 aromatic heterocycles. The molecule has 1 aromatic carbocycles. The Morgan fingerprint density at radius 3 is 2.50 bits per heavy atom. The Kier molecular flexibility index (Phi) is 2.71. The van der Waals surface area contributed by atoms with Gasteiger partial charge >= 0.3 is 5.97 Å². The molecule has 0 atom stereocenters. The highest BCUT2D eigenvalue weighted by Crippen LogP contribution is 2.21. The van der Waals surface area contributed by atoms with Crippen LogP contribution in [0.5, 0.6) is 5.75 Å². The van der Waals surface area contributed by atoms with Crippen molar-refractivity contribution in [3.8, 4) is 5.75 Å². The summed E-state index contributed by atoms with van der Waals surface area (Å²) in [4.78, 5) is 21.2. The Bertz CT molecular complexity index is 386. The molecule has 5 nitrogen and oxygen atoms in total. The number of hydrogen-bond donors (Lipinski definition) is 3. The molecule has 0 radical (unpaired) electrons. The molecule has 0 saturated heterocycles. The molecule has 0 unspecified atom stereocenters. The van der Waals surface area contributed by atoms with Crippen LogP contribution in [0.25, 0.3) is 0 Å². The van der Waals surface area contributed by atoms with Crippen LogP contribution in [-0.4, -0.2) is 22.1 Å². The first-order valence-electron chi connectivity index (χ1n) is 3.84. The first-order chi connectivity index (χ1) is 6.50. The van der Waals surface area contributed by atoms with Crippen molar-refractivity contribution in [2.45, 2.75) is 6.92 Å². The molecule has 0 aliphatic rings. The SMILES string of the molecule is CC(=O)Nc1ccc(O)c(C(=O)O)c1. The van der Waals surface area contributed by atoms with Crippen molar-refractivity contribution in [1.29, 1.82) is 0 Å². The van der Waals surface area contributed by atoms with Crippen molar-refractivity contribution in [3.63, 3.8) is 0 Å². The van der Waals surface area contributed by atoms with Gasteiger partial charge in [0, 0.05) is 12.6 Å². The minimum absolute atomic E-state index is 0.240. The van der Waals surface area contributed by atoms with Crippen LogP contribution in [0.15, 0.2) is 18.2 Å². The van der Waals surface area contributed by atoms with Gasteiger partial charge in [-0.25, -0.2) is 4.79 Å². The number of benzene rings is 1. The van der Waals surface area contributed by atoms with E-state index in [1.54, 1.807) is 0 Å². The monoisotopic (exact) mass is 195 g/mol. The van der Waals surface area contributed by atoms with Gasteiger partial charge in [-0.2, -0.15) is 0 Å². The molecule has 0 aliphatic heterocycles. The normalized spacial score (nSPS) is 9.50. The fraction of sp³-hybridized carbons (Fsp3) is 0.111. The molecule has 0 fully saturated rings. The quantitative estimate of drug-likeness (QED) is 0.615. The molecule has 74 valence electrons. The Balaban J connectivity index is 3.06. The Morgan fingerprint density at radius 1 is 1.36 bits per heavy atom. The van der Waals surface area contributed by atoms with Gasteiger partial charge in [-0.05, 0) is 18.2 Å². The third-order valence-corrected chi connectivity index (χ3v) is 1.55. The lowest BCUT2D eigenvalue weighted by atomic mass is 10.2. The molecule has 0 bridgehead atoms. The van der Waals surface area contributed by atoms with E-state index in [-0.39, 0.29) is 17.2 Å². The van der Waals surface area contributed by atoms with E-state index >= 15 is 0 Å². The molecule has 1 amide bonds. The summed E-state index contributed by atoms with van der Waals surface area (Å²) in [6.07, 6.45) is 0. The van der Waals surface area contributed by atoms with Gasteiger partial charge in [-0.15, -0.1) is 0 Å². The van der Waals surface area contributed by atoms with Crippen molar-refractivity contribution in [1.82, 2.24) is 0 Å². The highest BCUT2D eigenvalue weighted by atomic mass is 16.4. The van der Waals surface area contributed by atoms with Crippen molar-refractivity contribution in [2.75, 3.05) is 5.32 Å². The first kappa shape index (κ1) is 10.0. The van der Waals surface area contributed by atoms with E-state index in [0.717, 1.165) is 0 Å². The highest BCUT2D eigenvalue weighted by Gasteiger charge is 2.10. The van der Waals surface area contributed by atoms with Gasteiger partial charge in [0.25, 0.3) is 0 Å². The summed E-state index contributed by atoms with van der Waals surface area (Å²) >= 11 is 0. The van der Waals surface area contributed by atoms with E-state index in [1.165, 1.54) is 25.1 Å². The van der Waals surface area contributed by atoms with Crippen LogP contribution in [0, 0.1) is 0 Å². The summed E-state index contributed by atoms with van der Waals surface area (Å²) in [5.41, 5.74) is 0.101. The molecule has 5 heteroatoms. The predicted molar refractivity (Wildman–Crippen MR) is 49.4 cm³/mol. The number of carbonyl (C=O) groups excluding carboxylic acids is 1. The molecule has 0 spiro atoms. The second kappa shape index (κ2) is 3.78. The second-order valence-corrected chi connectivity index (χ2v) is 2.72. The van der Waals surface area contributed by atoms with E-state index in [1.807, 2.05) is 0 Å². The minimum Gasteiger partial charge on any atom is -0.507 e. The molecule has 0 heterocycles. The summed E-state index contributed by atoms with van der Waals surface area (Å²) in [6.45, 7) is 1.31. The zero-order valence-corrected chi connectivity index (χ0v) is 7.44. The van der Waals surface area contributed by atoms with Crippen LogP contribution in [0.2, 0.25) is 0 Å². The number of carbonyl (C=O) groups is 2. The van der Waals surface area contributed by atoms with Gasteiger partial charge in [0.2, 0.25) is 5.91 Å². The lowest BCUT2D eigenvalue weighted by Crippen LogP contribution is -2.07. The van der Waals surface area contributed by atoms with E-state index in [9.17, 15) is 9.59 Å². The number of carboxylic acids is 1. The average molecular weight is 195 g/mol. The van der Waals surface area contributed by atoms with Crippen molar-refractivity contribution in [3.05, 3.63) is 23.8 Å². The van der Waals surface area contributed by atoms with Crippen molar-refractivity contribution in [2.24, 2.45) is 0 Å². The minimum atomic E-state index is -1.24. The van der Waals surface area contributed by atoms with E-state index in [2.05, 4.69) is 5.32 Å². The number of aromatic carboxylic acids is 1. The number of phenols is 1. The first-order valence-corrected chi connectivity index (χ1v) is 3.84. The second-order valence-electron chi connectivity index (χ2n) is 2.72. The van der Waals surface area contributed by atoms with E-state index in [0.29, 0.717) is 5.69 Å². The molecular formula is C9H9NO4. The molecule has 14 heavy (non-hydrogen) atoms. The maximum Gasteiger partial charge on any atom is 0.339 e. The third kappa shape index (κ3) is 2.22. The molecule has 0 saturated carbocycles. The van der Waals surface area contributed by atoms with E-state index < -0.39 is 5.97 Å². The number of rotatable bonds is 2.